The normalized spacial score (nSPS) is 11.9. The smallest absolute Gasteiger partial charge is 0.245 e. The third-order valence-electron chi connectivity index (χ3n) is 3.09. The minimum atomic E-state index is -0.652. The molecule has 0 aromatic heterocycles. The van der Waals surface area contributed by atoms with E-state index in [1.807, 2.05) is 62.4 Å². The highest BCUT2D eigenvalue weighted by atomic mass is 16.2. The van der Waals surface area contributed by atoms with Gasteiger partial charge in [-0.3, -0.25) is 4.79 Å². The van der Waals surface area contributed by atoms with E-state index >= 15 is 0 Å². The number of carbonyl (C=O) groups excluding carboxylic acids is 1. The Bertz CT molecular complexity index is 579. The molecular formula is C16H18N2O. The van der Waals surface area contributed by atoms with Gasteiger partial charge in [0.2, 0.25) is 5.91 Å². The molecule has 0 radical (unpaired) electrons. The van der Waals surface area contributed by atoms with E-state index in [-0.39, 0.29) is 5.91 Å². The van der Waals surface area contributed by atoms with Gasteiger partial charge in [-0.2, -0.15) is 0 Å². The molecule has 1 atom stereocenters. The summed E-state index contributed by atoms with van der Waals surface area (Å²) in [5.41, 5.74) is 9.72. The minimum Gasteiger partial charge on any atom is -0.324 e. The molecule has 0 fully saturated rings. The Balaban J connectivity index is 2.15. The first-order valence-electron chi connectivity index (χ1n) is 6.26. The van der Waals surface area contributed by atoms with Crippen LogP contribution in [0, 0.1) is 13.8 Å². The van der Waals surface area contributed by atoms with Crippen molar-refractivity contribution in [1.82, 2.24) is 0 Å². The number of hydrogen-bond acceptors (Lipinski definition) is 2. The van der Waals surface area contributed by atoms with Crippen LogP contribution in [-0.2, 0) is 4.79 Å². The van der Waals surface area contributed by atoms with Crippen molar-refractivity contribution >= 4 is 11.6 Å². The number of rotatable bonds is 3. The number of amides is 1. The summed E-state index contributed by atoms with van der Waals surface area (Å²) in [7, 11) is 0. The molecule has 2 aromatic carbocycles. The molecule has 3 nitrogen and oxygen atoms in total. The number of hydrogen-bond donors (Lipinski definition) is 2. The zero-order valence-corrected chi connectivity index (χ0v) is 11.2. The van der Waals surface area contributed by atoms with E-state index in [9.17, 15) is 4.79 Å². The number of aryl methyl sites for hydroxylation is 2. The number of benzene rings is 2. The van der Waals surface area contributed by atoms with Gasteiger partial charge in [0, 0.05) is 5.69 Å². The quantitative estimate of drug-likeness (QED) is 0.884. The van der Waals surface area contributed by atoms with Gasteiger partial charge in [0.25, 0.3) is 0 Å². The van der Waals surface area contributed by atoms with Crippen LogP contribution in [0.3, 0.4) is 0 Å². The van der Waals surface area contributed by atoms with Crippen molar-refractivity contribution in [3.63, 3.8) is 0 Å². The SMILES string of the molecule is Cc1ccc(C)c(NC(=O)C(N)c2ccccc2)c1. The number of nitrogens with two attached hydrogens (primary N) is 1. The Kier molecular flexibility index (Phi) is 3.97. The van der Waals surface area contributed by atoms with Crippen molar-refractivity contribution in [2.24, 2.45) is 5.73 Å². The van der Waals surface area contributed by atoms with Gasteiger partial charge < -0.3 is 11.1 Å². The molecule has 0 aliphatic heterocycles. The largest absolute Gasteiger partial charge is 0.324 e. The molecule has 1 unspecified atom stereocenters. The second-order valence-corrected chi connectivity index (χ2v) is 4.70. The lowest BCUT2D eigenvalue weighted by Gasteiger charge is -2.14. The second-order valence-electron chi connectivity index (χ2n) is 4.70. The Morgan fingerprint density at radius 1 is 1.11 bits per heavy atom. The maximum atomic E-state index is 12.1. The number of anilines is 1. The van der Waals surface area contributed by atoms with Crippen LogP contribution in [0.5, 0.6) is 0 Å². The van der Waals surface area contributed by atoms with Crippen molar-refractivity contribution in [3.05, 3.63) is 65.2 Å². The summed E-state index contributed by atoms with van der Waals surface area (Å²) >= 11 is 0. The third-order valence-corrected chi connectivity index (χ3v) is 3.09. The lowest BCUT2D eigenvalue weighted by Crippen LogP contribution is -2.27. The topological polar surface area (TPSA) is 55.1 Å². The van der Waals surface area contributed by atoms with E-state index in [0.29, 0.717) is 0 Å². The van der Waals surface area contributed by atoms with Crippen LogP contribution in [-0.4, -0.2) is 5.91 Å². The summed E-state index contributed by atoms with van der Waals surface area (Å²) in [6, 6.07) is 14.7. The van der Waals surface area contributed by atoms with Crippen LogP contribution in [0.25, 0.3) is 0 Å². The van der Waals surface area contributed by atoms with Crippen molar-refractivity contribution in [1.29, 1.82) is 0 Å². The molecule has 2 rings (SSSR count). The van der Waals surface area contributed by atoms with E-state index in [4.69, 9.17) is 5.73 Å². The molecule has 0 saturated heterocycles. The predicted octanol–water partition coefficient (Wildman–Crippen LogP) is 2.94. The molecule has 98 valence electrons. The van der Waals surface area contributed by atoms with Gasteiger partial charge in [-0.25, -0.2) is 0 Å². The Morgan fingerprint density at radius 2 is 1.79 bits per heavy atom. The molecule has 19 heavy (non-hydrogen) atoms. The fourth-order valence-corrected chi connectivity index (χ4v) is 1.89. The van der Waals surface area contributed by atoms with Crippen LogP contribution in [0.4, 0.5) is 5.69 Å². The summed E-state index contributed by atoms with van der Waals surface area (Å²) in [5.74, 6) is -0.195. The number of carbonyl (C=O) groups is 1. The summed E-state index contributed by atoms with van der Waals surface area (Å²) in [6.07, 6.45) is 0. The van der Waals surface area contributed by atoms with E-state index in [1.165, 1.54) is 0 Å². The fraction of sp³-hybridized carbons (Fsp3) is 0.188. The van der Waals surface area contributed by atoms with Crippen LogP contribution in [0.1, 0.15) is 22.7 Å². The zero-order valence-electron chi connectivity index (χ0n) is 11.2. The van der Waals surface area contributed by atoms with E-state index in [2.05, 4.69) is 5.32 Å². The van der Waals surface area contributed by atoms with Gasteiger partial charge in [0.1, 0.15) is 6.04 Å². The lowest BCUT2D eigenvalue weighted by molar-refractivity contribution is -0.117. The van der Waals surface area contributed by atoms with Gasteiger partial charge in [0.05, 0.1) is 0 Å². The van der Waals surface area contributed by atoms with E-state index in [1.54, 1.807) is 0 Å². The maximum Gasteiger partial charge on any atom is 0.245 e. The summed E-state index contributed by atoms with van der Waals surface area (Å²) in [6.45, 7) is 3.95. The highest BCUT2D eigenvalue weighted by Gasteiger charge is 2.16. The average Bonchev–Trinajstić information content (AvgIpc) is 2.43. The molecular weight excluding hydrogens is 236 g/mol. The first-order valence-corrected chi connectivity index (χ1v) is 6.26. The first kappa shape index (κ1) is 13.3. The molecule has 0 heterocycles. The highest BCUT2D eigenvalue weighted by molar-refractivity contribution is 5.96. The van der Waals surface area contributed by atoms with E-state index in [0.717, 1.165) is 22.4 Å². The maximum absolute atomic E-state index is 12.1. The van der Waals surface area contributed by atoms with Crippen LogP contribution in [0.2, 0.25) is 0 Å². The summed E-state index contributed by atoms with van der Waals surface area (Å²) in [5, 5.41) is 2.89. The van der Waals surface area contributed by atoms with E-state index < -0.39 is 6.04 Å². The molecule has 0 aliphatic carbocycles. The van der Waals surface area contributed by atoms with Crippen molar-refractivity contribution in [2.75, 3.05) is 5.32 Å². The highest BCUT2D eigenvalue weighted by Crippen LogP contribution is 2.18. The molecule has 3 N–H and O–H groups in total. The van der Waals surface area contributed by atoms with Crippen molar-refractivity contribution in [2.45, 2.75) is 19.9 Å². The average molecular weight is 254 g/mol. The van der Waals surface area contributed by atoms with Crippen molar-refractivity contribution in [3.8, 4) is 0 Å². The molecule has 3 heteroatoms. The van der Waals surface area contributed by atoms with Crippen LogP contribution >= 0.6 is 0 Å². The lowest BCUT2D eigenvalue weighted by atomic mass is 10.1. The van der Waals surface area contributed by atoms with Gasteiger partial charge in [-0.05, 0) is 36.6 Å². The summed E-state index contributed by atoms with van der Waals surface area (Å²) < 4.78 is 0. The molecule has 0 saturated carbocycles. The molecule has 0 spiro atoms. The molecule has 2 aromatic rings. The standard InChI is InChI=1S/C16H18N2O/c1-11-8-9-12(2)14(10-11)18-16(19)15(17)13-6-4-3-5-7-13/h3-10,15H,17H2,1-2H3,(H,18,19). The molecule has 0 aliphatic rings. The van der Waals surface area contributed by atoms with Gasteiger partial charge in [-0.1, -0.05) is 42.5 Å². The van der Waals surface area contributed by atoms with Crippen LogP contribution < -0.4 is 11.1 Å². The third kappa shape index (κ3) is 3.20. The second kappa shape index (κ2) is 5.67. The van der Waals surface area contributed by atoms with Gasteiger partial charge in [-0.15, -0.1) is 0 Å². The van der Waals surface area contributed by atoms with Crippen molar-refractivity contribution < 1.29 is 4.79 Å². The summed E-state index contributed by atoms with van der Waals surface area (Å²) in [4.78, 5) is 12.1. The molecule has 0 bridgehead atoms. The van der Waals surface area contributed by atoms with Gasteiger partial charge >= 0.3 is 0 Å². The first-order chi connectivity index (χ1) is 9.08. The van der Waals surface area contributed by atoms with Crippen LogP contribution in [0.15, 0.2) is 48.5 Å². The predicted molar refractivity (Wildman–Crippen MR) is 77.9 cm³/mol. The Hall–Kier alpha value is -2.13. The Labute approximate surface area is 113 Å². The van der Waals surface area contributed by atoms with Gasteiger partial charge in [0.15, 0.2) is 0 Å². The fourth-order valence-electron chi connectivity index (χ4n) is 1.89. The minimum absolute atomic E-state index is 0.195. The Morgan fingerprint density at radius 3 is 2.47 bits per heavy atom. The monoisotopic (exact) mass is 254 g/mol. The number of nitrogens with one attached hydrogen (secondary N) is 1. The molecule has 1 amide bonds. The zero-order chi connectivity index (χ0) is 13.8.